The van der Waals surface area contributed by atoms with Gasteiger partial charge in [0, 0.05) is 36.2 Å². The number of nitrogens with zero attached hydrogens (tertiary/aromatic N) is 2. The van der Waals surface area contributed by atoms with Crippen molar-refractivity contribution in [2.75, 3.05) is 17.2 Å². The van der Waals surface area contributed by atoms with Crippen LogP contribution in [0, 0.1) is 13.8 Å². The fourth-order valence-electron chi connectivity index (χ4n) is 2.97. The van der Waals surface area contributed by atoms with Crippen molar-refractivity contribution in [2.24, 2.45) is 5.14 Å². The summed E-state index contributed by atoms with van der Waals surface area (Å²) in [5.41, 5.74) is 3.64. The number of nitrogens with two attached hydrogens (primary N) is 1. The molecule has 12 heteroatoms. The maximum atomic E-state index is 11.8. The van der Waals surface area contributed by atoms with E-state index >= 15 is 0 Å². The SMILES string of the molecule is CCNS(=O)NCc1cccc(Nc2nc(Nc3ccc(C)c(S(N)(=O)=O)c3)ncc2C)c1. The highest BCUT2D eigenvalue weighted by Gasteiger charge is 2.13. The topological polar surface area (TPSA) is 151 Å². The number of aryl methyl sites for hydroxylation is 2. The second-order valence-corrected chi connectivity index (χ2v) is 9.93. The molecule has 176 valence electrons. The van der Waals surface area contributed by atoms with Gasteiger partial charge in [-0.15, -0.1) is 0 Å². The molecule has 1 aromatic heterocycles. The van der Waals surface area contributed by atoms with Crippen LogP contribution in [0.2, 0.25) is 0 Å². The Labute approximate surface area is 196 Å². The van der Waals surface area contributed by atoms with Crippen LogP contribution in [0.15, 0.2) is 53.6 Å². The number of rotatable bonds is 10. The average Bonchev–Trinajstić information content (AvgIpc) is 2.76. The average molecular weight is 490 g/mol. The van der Waals surface area contributed by atoms with Gasteiger partial charge in [0.05, 0.1) is 4.90 Å². The number of nitrogens with one attached hydrogen (secondary N) is 4. The van der Waals surface area contributed by atoms with Gasteiger partial charge in [-0.05, 0) is 49.2 Å². The zero-order valence-corrected chi connectivity index (χ0v) is 20.2. The van der Waals surface area contributed by atoms with Gasteiger partial charge in [-0.2, -0.15) is 4.98 Å². The Bertz CT molecular complexity index is 1270. The summed E-state index contributed by atoms with van der Waals surface area (Å²) >= 11 is -1.30. The highest BCUT2D eigenvalue weighted by Crippen LogP contribution is 2.24. The van der Waals surface area contributed by atoms with E-state index in [1.54, 1.807) is 25.3 Å². The predicted molar refractivity (Wildman–Crippen MR) is 131 cm³/mol. The van der Waals surface area contributed by atoms with Crippen LogP contribution in [0.3, 0.4) is 0 Å². The van der Waals surface area contributed by atoms with Gasteiger partial charge < -0.3 is 10.6 Å². The molecule has 0 saturated carbocycles. The van der Waals surface area contributed by atoms with E-state index in [0.29, 0.717) is 36.1 Å². The predicted octanol–water partition coefficient (Wildman–Crippen LogP) is 2.51. The minimum absolute atomic E-state index is 0.0402. The van der Waals surface area contributed by atoms with Crippen LogP contribution >= 0.6 is 0 Å². The molecule has 0 amide bonds. The Hall–Kier alpha value is -2.90. The lowest BCUT2D eigenvalue weighted by molar-refractivity contribution is 0.597. The number of sulfonamides is 1. The zero-order valence-electron chi connectivity index (χ0n) is 18.5. The van der Waals surface area contributed by atoms with Crippen molar-refractivity contribution in [3.05, 3.63) is 65.4 Å². The van der Waals surface area contributed by atoms with Crippen LogP contribution in [0.4, 0.5) is 23.1 Å². The third kappa shape index (κ3) is 7.04. The van der Waals surface area contributed by atoms with E-state index in [0.717, 1.165) is 16.8 Å². The minimum atomic E-state index is -3.84. The fraction of sp³-hybridized carbons (Fsp3) is 0.238. The van der Waals surface area contributed by atoms with E-state index in [1.807, 2.05) is 38.1 Å². The molecule has 0 fully saturated rings. The van der Waals surface area contributed by atoms with E-state index in [-0.39, 0.29) is 4.90 Å². The van der Waals surface area contributed by atoms with E-state index in [4.69, 9.17) is 5.14 Å². The molecule has 1 atom stereocenters. The first-order chi connectivity index (χ1) is 15.7. The first-order valence-corrected chi connectivity index (χ1v) is 12.8. The Morgan fingerprint density at radius 2 is 1.76 bits per heavy atom. The molecule has 10 nitrogen and oxygen atoms in total. The smallest absolute Gasteiger partial charge is 0.238 e. The van der Waals surface area contributed by atoms with Gasteiger partial charge in [0.2, 0.25) is 16.0 Å². The van der Waals surface area contributed by atoms with Crippen LogP contribution in [-0.4, -0.2) is 29.1 Å². The van der Waals surface area contributed by atoms with Crippen molar-refractivity contribution in [2.45, 2.75) is 32.2 Å². The van der Waals surface area contributed by atoms with Crippen molar-refractivity contribution in [3.63, 3.8) is 0 Å². The van der Waals surface area contributed by atoms with E-state index in [1.165, 1.54) is 6.07 Å². The van der Waals surface area contributed by atoms with Gasteiger partial charge in [0.15, 0.2) is 11.2 Å². The maximum absolute atomic E-state index is 11.8. The second kappa shape index (κ2) is 10.8. The Balaban J connectivity index is 1.76. The largest absolute Gasteiger partial charge is 0.340 e. The highest BCUT2D eigenvalue weighted by molar-refractivity contribution is 7.89. The first kappa shape index (κ1) is 24.7. The van der Waals surface area contributed by atoms with Crippen molar-refractivity contribution in [1.82, 2.24) is 19.4 Å². The summed E-state index contributed by atoms with van der Waals surface area (Å²) in [4.78, 5) is 8.84. The zero-order chi connectivity index (χ0) is 24.0. The summed E-state index contributed by atoms with van der Waals surface area (Å²) in [6, 6.07) is 12.5. The van der Waals surface area contributed by atoms with Crippen LogP contribution in [0.5, 0.6) is 0 Å². The molecular formula is C21H27N7O3S2. The first-order valence-electron chi connectivity index (χ1n) is 10.1. The molecular weight excluding hydrogens is 462 g/mol. The van der Waals surface area contributed by atoms with Crippen molar-refractivity contribution in [1.29, 1.82) is 0 Å². The Kier molecular flexibility index (Phi) is 8.10. The molecule has 0 bridgehead atoms. The minimum Gasteiger partial charge on any atom is -0.340 e. The molecule has 0 radical (unpaired) electrons. The molecule has 33 heavy (non-hydrogen) atoms. The second-order valence-electron chi connectivity index (χ2n) is 7.29. The monoisotopic (exact) mass is 489 g/mol. The molecule has 0 aliphatic carbocycles. The molecule has 1 unspecified atom stereocenters. The molecule has 3 rings (SSSR count). The summed E-state index contributed by atoms with van der Waals surface area (Å²) in [7, 11) is -3.84. The van der Waals surface area contributed by atoms with E-state index in [2.05, 4.69) is 30.0 Å². The van der Waals surface area contributed by atoms with Crippen molar-refractivity contribution in [3.8, 4) is 0 Å². The van der Waals surface area contributed by atoms with Gasteiger partial charge >= 0.3 is 0 Å². The van der Waals surface area contributed by atoms with Gasteiger partial charge in [-0.1, -0.05) is 25.1 Å². The number of hydrogen-bond donors (Lipinski definition) is 5. The maximum Gasteiger partial charge on any atom is 0.238 e. The number of benzene rings is 2. The quantitative estimate of drug-likeness (QED) is 0.293. The third-order valence-corrected chi connectivity index (χ3v) is 6.61. The molecule has 0 aliphatic heterocycles. The number of primary sulfonamides is 1. The summed E-state index contributed by atoms with van der Waals surface area (Å²) in [5.74, 6) is 0.888. The van der Waals surface area contributed by atoms with Gasteiger partial charge in [0.25, 0.3) is 0 Å². The molecule has 1 heterocycles. The van der Waals surface area contributed by atoms with Gasteiger partial charge in [0.1, 0.15) is 5.82 Å². The third-order valence-electron chi connectivity index (χ3n) is 4.60. The van der Waals surface area contributed by atoms with Crippen LogP contribution in [0.1, 0.15) is 23.6 Å². The van der Waals surface area contributed by atoms with Crippen LogP contribution in [-0.2, 0) is 27.7 Å². The summed E-state index contributed by atoms with van der Waals surface area (Å²) in [6.07, 6.45) is 1.66. The van der Waals surface area contributed by atoms with Crippen molar-refractivity contribution < 1.29 is 12.6 Å². The van der Waals surface area contributed by atoms with E-state index < -0.39 is 21.2 Å². The molecule has 0 aliphatic rings. The molecule has 6 N–H and O–H groups in total. The Morgan fingerprint density at radius 3 is 2.48 bits per heavy atom. The molecule has 2 aromatic carbocycles. The summed E-state index contributed by atoms with van der Waals surface area (Å²) in [5, 5.41) is 11.6. The van der Waals surface area contributed by atoms with Gasteiger partial charge in [-0.25, -0.2) is 32.2 Å². The molecule has 0 saturated heterocycles. The summed E-state index contributed by atoms with van der Waals surface area (Å²) < 4.78 is 41.0. The number of hydrogen-bond acceptors (Lipinski definition) is 7. The standard InChI is InChI=1S/C21H27N7O3S2/c1-4-24-32(29)25-13-16-6-5-7-17(10-16)26-20-15(3)12-23-21(28-20)27-18-9-8-14(2)19(11-18)33(22,30)31/h5-12,24-25H,4,13H2,1-3H3,(H2,22,30,31)(H2,23,26,27,28). The fourth-order valence-corrected chi connectivity index (χ4v) is 4.44. The van der Waals surface area contributed by atoms with E-state index in [9.17, 15) is 12.6 Å². The summed E-state index contributed by atoms with van der Waals surface area (Å²) in [6.45, 7) is 6.48. The molecule has 0 spiro atoms. The normalized spacial score (nSPS) is 12.4. The lowest BCUT2D eigenvalue weighted by Gasteiger charge is -2.13. The number of anilines is 4. The van der Waals surface area contributed by atoms with Gasteiger partial charge in [-0.3, -0.25) is 0 Å². The highest BCUT2D eigenvalue weighted by atomic mass is 32.2. The van der Waals surface area contributed by atoms with Crippen LogP contribution in [0.25, 0.3) is 0 Å². The van der Waals surface area contributed by atoms with Crippen LogP contribution < -0.4 is 25.2 Å². The Morgan fingerprint density at radius 1 is 1.00 bits per heavy atom. The number of aromatic nitrogens is 2. The van der Waals surface area contributed by atoms with Crippen molar-refractivity contribution >= 4 is 44.3 Å². The lowest BCUT2D eigenvalue weighted by Crippen LogP contribution is -2.29. The lowest BCUT2D eigenvalue weighted by atomic mass is 10.2. The molecule has 3 aromatic rings.